The minimum Gasteiger partial charge on any atom is -0.452 e. The SMILES string of the molecule is N#Cc1oc2ccccc2c1Oc1ccc(CBr)c(Cl)c1. The summed E-state index contributed by atoms with van der Waals surface area (Å²) in [7, 11) is 0. The standard InChI is InChI=1S/C16H9BrClNO2/c17-8-10-5-6-11(7-13(10)18)20-16-12-3-1-2-4-14(12)21-15(16)9-19/h1-7H,8H2. The van der Waals surface area contributed by atoms with Crippen LogP contribution in [0.1, 0.15) is 11.3 Å². The number of hydrogen-bond donors (Lipinski definition) is 0. The molecule has 0 fully saturated rings. The Morgan fingerprint density at radius 3 is 2.76 bits per heavy atom. The summed E-state index contributed by atoms with van der Waals surface area (Å²) < 4.78 is 11.3. The molecule has 2 aromatic carbocycles. The van der Waals surface area contributed by atoms with Crippen LogP contribution < -0.4 is 4.74 Å². The second-order valence-corrected chi connectivity index (χ2v) is 5.33. The van der Waals surface area contributed by atoms with Crippen LogP contribution >= 0.6 is 27.5 Å². The van der Waals surface area contributed by atoms with Crippen molar-refractivity contribution in [1.82, 2.24) is 0 Å². The van der Waals surface area contributed by atoms with E-state index in [1.165, 1.54) is 0 Å². The molecule has 1 aromatic heterocycles. The van der Waals surface area contributed by atoms with E-state index in [2.05, 4.69) is 15.9 Å². The van der Waals surface area contributed by atoms with E-state index >= 15 is 0 Å². The van der Waals surface area contributed by atoms with Crippen LogP contribution in [0.5, 0.6) is 11.5 Å². The Morgan fingerprint density at radius 1 is 1.24 bits per heavy atom. The lowest BCUT2D eigenvalue weighted by molar-refractivity contribution is 0.467. The van der Waals surface area contributed by atoms with Gasteiger partial charge >= 0.3 is 0 Å². The number of nitrogens with zero attached hydrogens (tertiary/aromatic N) is 1. The maximum Gasteiger partial charge on any atom is 0.247 e. The number of benzene rings is 2. The Morgan fingerprint density at radius 2 is 2.05 bits per heavy atom. The highest BCUT2D eigenvalue weighted by atomic mass is 79.9. The third kappa shape index (κ3) is 2.63. The molecule has 3 rings (SSSR count). The molecule has 0 amide bonds. The van der Waals surface area contributed by atoms with Crippen molar-refractivity contribution in [3.05, 3.63) is 58.8 Å². The third-order valence-corrected chi connectivity index (χ3v) is 4.00. The average Bonchev–Trinajstić information content (AvgIpc) is 2.86. The molecule has 5 heteroatoms. The lowest BCUT2D eigenvalue weighted by Crippen LogP contribution is -1.87. The molecule has 1 heterocycles. The predicted octanol–water partition coefficient (Wildman–Crippen LogP) is 5.65. The Balaban J connectivity index is 2.05. The van der Waals surface area contributed by atoms with Crippen LogP contribution in [-0.4, -0.2) is 0 Å². The third-order valence-electron chi connectivity index (χ3n) is 3.04. The van der Waals surface area contributed by atoms with Crippen LogP contribution in [-0.2, 0) is 5.33 Å². The minimum atomic E-state index is 0.150. The summed E-state index contributed by atoms with van der Waals surface area (Å²) in [5.74, 6) is 1.13. The molecule has 0 aliphatic heterocycles. The zero-order valence-electron chi connectivity index (χ0n) is 10.8. The van der Waals surface area contributed by atoms with Crippen molar-refractivity contribution in [3.8, 4) is 17.6 Å². The summed E-state index contributed by atoms with van der Waals surface area (Å²) in [6, 6.07) is 14.8. The molecular weight excluding hydrogens is 354 g/mol. The van der Waals surface area contributed by atoms with E-state index in [9.17, 15) is 5.26 Å². The first kappa shape index (κ1) is 14.0. The molecule has 0 spiro atoms. The molecule has 3 aromatic rings. The number of furan rings is 1. The highest BCUT2D eigenvalue weighted by Gasteiger charge is 2.16. The molecule has 0 radical (unpaired) electrons. The topological polar surface area (TPSA) is 46.2 Å². The van der Waals surface area contributed by atoms with E-state index in [4.69, 9.17) is 20.8 Å². The van der Waals surface area contributed by atoms with Crippen molar-refractivity contribution in [1.29, 1.82) is 5.26 Å². The lowest BCUT2D eigenvalue weighted by atomic mass is 10.2. The van der Waals surface area contributed by atoms with E-state index in [1.807, 2.05) is 36.4 Å². The second-order valence-electron chi connectivity index (χ2n) is 4.36. The number of hydrogen-bond acceptors (Lipinski definition) is 3. The van der Waals surface area contributed by atoms with Crippen LogP contribution in [0, 0.1) is 11.3 Å². The lowest BCUT2D eigenvalue weighted by Gasteiger charge is -2.06. The van der Waals surface area contributed by atoms with Gasteiger partial charge < -0.3 is 9.15 Å². The summed E-state index contributed by atoms with van der Waals surface area (Å²) in [4.78, 5) is 0. The second kappa shape index (κ2) is 5.80. The molecule has 0 aliphatic rings. The number of alkyl halides is 1. The quantitative estimate of drug-likeness (QED) is 0.566. The van der Waals surface area contributed by atoms with E-state index < -0.39 is 0 Å². The van der Waals surface area contributed by atoms with E-state index in [1.54, 1.807) is 12.1 Å². The fourth-order valence-corrected chi connectivity index (χ4v) is 2.90. The summed E-state index contributed by atoms with van der Waals surface area (Å²) in [5, 5.41) is 11.2. The van der Waals surface area contributed by atoms with Crippen LogP contribution in [0.2, 0.25) is 5.02 Å². The number of halogens is 2. The average molecular weight is 363 g/mol. The zero-order chi connectivity index (χ0) is 14.8. The molecule has 3 nitrogen and oxygen atoms in total. The Hall–Kier alpha value is -1.96. The van der Waals surface area contributed by atoms with Gasteiger partial charge in [-0.05, 0) is 29.8 Å². The van der Waals surface area contributed by atoms with Gasteiger partial charge in [-0.25, -0.2) is 0 Å². The number of para-hydroxylation sites is 1. The molecule has 0 saturated heterocycles. The fraction of sp³-hybridized carbons (Fsp3) is 0.0625. The van der Waals surface area contributed by atoms with Crippen LogP contribution in [0.4, 0.5) is 0 Å². The van der Waals surface area contributed by atoms with Gasteiger partial charge in [0, 0.05) is 10.4 Å². The van der Waals surface area contributed by atoms with Gasteiger partial charge in [0.05, 0.1) is 5.39 Å². The highest BCUT2D eigenvalue weighted by molar-refractivity contribution is 9.08. The molecule has 0 unspecified atom stereocenters. The van der Waals surface area contributed by atoms with Gasteiger partial charge in [-0.15, -0.1) is 0 Å². The number of ether oxygens (including phenoxy) is 1. The summed E-state index contributed by atoms with van der Waals surface area (Å²) in [6.45, 7) is 0. The van der Waals surface area contributed by atoms with Gasteiger partial charge in [-0.1, -0.05) is 45.7 Å². The predicted molar refractivity (Wildman–Crippen MR) is 85.1 cm³/mol. The van der Waals surface area contributed by atoms with Gasteiger partial charge in [0.2, 0.25) is 5.76 Å². The molecule has 0 atom stereocenters. The van der Waals surface area contributed by atoms with Crippen molar-refractivity contribution in [2.24, 2.45) is 0 Å². The van der Waals surface area contributed by atoms with Crippen molar-refractivity contribution >= 4 is 38.5 Å². The number of nitriles is 1. The molecule has 0 aliphatic carbocycles. The fourth-order valence-electron chi connectivity index (χ4n) is 2.01. The monoisotopic (exact) mass is 361 g/mol. The van der Waals surface area contributed by atoms with E-state index in [0.717, 1.165) is 10.9 Å². The number of fused-ring (bicyclic) bond motifs is 1. The maximum absolute atomic E-state index is 9.18. The number of rotatable bonds is 3. The Labute approximate surface area is 134 Å². The highest BCUT2D eigenvalue weighted by Crippen LogP contribution is 2.36. The van der Waals surface area contributed by atoms with Crippen molar-refractivity contribution in [3.63, 3.8) is 0 Å². The van der Waals surface area contributed by atoms with Crippen LogP contribution in [0.15, 0.2) is 46.9 Å². The summed E-state index contributed by atoms with van der Waals surface area (Å²) >= 11 is 9.53. The maximum atomic E-state index is 9.18. The van der Waals surface area contributed by atoms with Gasteiger partial charge in [0.1, 0.15) is 17.4 Å². The summed E-state index contributed by atoms with van der Waals surface area (Å²) in [6.07, 6.45) is 0. The molecule has 0 bridgehead atoms. The molecule has 104 valence electrons. The van der Waals surface area contributed by atoms with Gasteiger partial charge in [0.15, 0.2) is 5.75 Å². The van der Waals surface area contributed by atoms with Gasteiger partial charge in [-0.3, -0.25) is 0 Å². The first-order valence-corrected chi connectivity index (χ1v) is 7.66. The minimum absolute atomic E-state index is 0.150. The molecular formula is C16H9BrClNO2. The molecule has 0 N–H and O–H groups in total. The van der Waals surface area contributed by atoms with Crippen molar-refractivity contribution in [2.75, 3.05) is 0 Å². The first-order chi connectivity index (χ1) is 10.2. The van der Waals surface area contributed by atoms with Gasteiger partial charge in [-0.2, -0.15) is 5.26 Å². The van der Waals surface area contributed by atoms with Crippen molar-refractivity contribution < 1.29 is 9.15 Å². The normalized spacial score (nSPS) is 10.5. The van der Waals surface area contributed by atoms with Crippen molar-refractivity contribution in [2.45, 2.75) is 5.33 Å². The summed E-state index contributed by atoms with van der Waals surface area (Å²) in [5.41, 5.74) is 1.59. The Kier molecular flexibility index (Phi) is 3.87. The molecule has 21 heavy (non-hydrogen) atoms. The van der Waals surface area contributed by atoms with E-state index in [0.29, 0.717) is 27.4 Å². The Bertz CT molecular complexity index is 851. The van der Waals surface area contributed by atoms with Crippen LogP contribution in [0.25, 0.3) is 11.0 Å². The van der Waals surface area contributed by atoms with E-state index in [-0.39, 0.29) is 5.76 Å². The van der Waals surface area contributed by atoms with Gasteiger partial charge in [0.25, 0.3) is 0 Å². The first-order valence-electron chi connectivity index (χ1n) is 6.17. The smallest absolute Gasteiger partial charge is 0.247 e. The molecule has 0 saturated carbocycles. The van der Waals surface area contributed by atoms with Crippen LogP contribution in [0.3, 0.4) is 0 Å². The largest absolute Gasteiger partial charge is 0.452 e. The zero-order valence-corrected chi connectivity index (χ0v) is 13.1.